The molecule has 1 rings (SSSR count). The Kier molecular flexibility index (Phi) is 7.86. The number of rotatable bonds is 8. The van der Waals surface area contributed by atoms with Gasteiger partial charge in [-0.3, -0.25) is 0 Å². The van der Waals surface area contributed by atoms with E-state index in [1.807, 2.05) is 0 Å². The van der Waals surface area contributed by atoms with Gasteiger partial charge in [-0.15, -0.1) is 0 Å². The van der Waals surface area contributed by atoms with Crippen LogP contribution in [0.4, 0.5) is 0 Å². The highest BCUT2D eigenvalue weighted by atomic mass is 32.2. The van der Waals surface area contributed by atoms with E-state index < -0.39 is 9.84 Å². The van der Waals surface area contributed by atoms with E-state index in [1.54, 1.807) is 0 Å². The lowest BCUT2D eigenvalue weighted by Crippen LogP contribution is -2.34. The van der Waals surface area contributed by atoms with Crippen LogP contribution in [0.15, 0.2) is 0 Å². The van der Waals surface area contributed by atoms with E-state index in [2.05, 4.69) is 17.1 Å². The molecule has 5 heteroatoms. The van der Waals surface area contributed by atoms with Crippen molar-refractivity contribution < 1.29 is 8.42 Å². The van der Waals surface area contributed by atoms with Gasteiger partial charge in [-0.05, 0) is 25.9 Å². The summed E-state index contributed by atoms with van der Waals surface area (Å²) in [6, 6.07) is 0. The number of nitrogens with one attached hydrogen (secondary N) is 1. The average Bonchev–Trinajstić information content (AvgIpc) is 2.50. The van der Waals surface area contributed by atoms with Crippen molar-refractivity contribution in [1.82, 2.24) is 10.2 Å². The molecule has 0 atom stereocenters. The highest BCUT2D eigenvalue weighted by Crippen LogP contribution is 2.04. The van der Waals surface area contributed by atoms with E-state index in [-0.39, 0.29) is 0 Å². The van der Waals surface area contributed by atoms with Crippen LogP contribution >= 0.6 is 0 Å². The fraction of sp³-hybridized carbons (Fsp3) is 1.00. The van der Waals surface area contributed by atoms with Gasteiger partial charge in [0.2, 0.25) is 0 Å². The molecule has 18 heavy (non-hydrogen) atoms. The third-order valence-electron chi connectivity index (χ3n) is 3.46. The average molecular weight is 276 g/mol. The molecule has 0 aromatic rings. The normalized spacial score (nSPS) is 20.7. The Morgan fingerprint density at radius 3 is 2.67 bits per heavy atom. The minimum Gasteiger partial charge on any atom is -0.315 e. The summed E-state index contributed by atoms with van der Waals surface area (Å²) in [5.41, 5.74) is 0. The van der Waals surface area contributed by atoms with E-state index >= 15 is 0 Å². The molecule has 1 saturated heterocycles. The second-order valence-corrected chi connectivity index (χ2v) is 7.46. The first kappa shape index (κ1) is 15.9. The molecule has 0 amide bonds. The van der Waals surface area contributed by atoms with E-state index in [1.165, 1.54) is 25.7 Å². The maximum atomic E-state index is 11.5. The van der Waals surface area contributed by atoms with Crippen LogP contribution in [0.25, 0.3) is 0 Å². The summed E-state index contributed by atoms with van der Waals surface area (Å²) in [4.78, 5) is 2.27. The third-order valence-corrected chi connectivity index (χ3v) is 5.18. The first-order chi connectivity index (χ1) is 8.64. The summed E-state index contributed by atoms with van der Waals surface area (Å²) in [6.45, 7) is 6.90. The van der Waals surface area contributed by atoms with Crippen molar-refractivity contribution >= 4 is 9.84 Å². The van der Waals surface area contributed by atoms with Gasteiger partial charge in [0, 0.05) is 19.6 Å². The van der Waals surface area contributed by atoms with Crippen molar-refractivity contribution in [1.29, 1.82) is 0 Å². The Balaban J connectivity index is 2.02. The van der Waals surface area contributed by atoms with E-state index in [9.17, 15) is 8.42 Å². The van der Waals surface area contributed by atoms with Gasteiger partial charge in [-0.25, -0.2) is 8.42 Å². The lowest BCUT2D eigenvalue weighted by Gasteiger charge is -2.19. The zero-order chi connectivity index (χ0) is 13.3. The van der Waals surface area contributed by atoms with E-state index in [4.69, 9.17) is 0 Å². The first-order valence-electron chi connectivity index (χ1n) is 7.27. The second-order valence-electron chi connectivity index (χ2n) is 5.16. The van der Waals surface area contributed by atoms with Crippen LogP contribution in [0.3, 0.4) is 0 Å². The molecule has 1 heterocycles. The number of sulfone groups is 1. The Morgan fingerprint density at radius 2 is 1.89 bits per heavy atom. The summed E-state index contributed by atoms with van der Waals surface area (Å²) in [5.74, 6) is 0.706. The molecule has 1 fully saturated rings. The van der Waals surface area contributed by atoms with Crippen LogP contribution in [-0.4, -0.2) is 57.5 Å². The molecular formula is C13H28N2O2S. The highest BCUT2D eigenvalue weighted by molar-refractivity contribution is 7.91. The van der Waals surface area contributed by atoms with Crippen LogP contribution in [0, 0.1) is 0 Å². The summed E-state index contributed by atoms with van der Waals surface area (Å²) in [7, 11) is -2.76. The van der Waals surface area contributed by atoms with Crippen LogP contribution in [0.2, 0.25) is 0 Å². The van der Waals surface area contributed by atoms with Crippen molar-refractivity contribution in [2.24, 2.45) is 0 Å². The molecule has 0 radical (unpaired) electrons. The molecule has 0 spiro atoms. The molecular weight excluding hydrogens is 248 g/mol. The topological polar surface area (TPSA) is 49.4 Å². The number of nitrogens with zero attached hydrogens (tertiary/aromatic N) is 1. The van der Waals surface area contributed by atoms with Gasteiger partial charge >= 0.3 is 0 Å². The summed E-state index contributed by atoms with van der Waals surface area (Å²) in [6.07, 6.45) is 5.96. The van der Waals surface area contributed by atoms with Gasteiger partial charge < -0.3 is 10.2 Å². The van der Waals surface area contributed by atoms with Crippen LogP contribution in [0.5, 0.6) is 0 Å². The summed E-state index contributed by atoms with van der Waals surface area (Å²) in [5, 5.41) is 3.44. The van der Waals surface area contributed by atoms with Crippen molar-refractivity contribution in [3.8, 4) is 0 Å². The SMILES string of the molecule is CCCCCCNCCN1CCCS(=O)(=O)CC1. The maximum absolute atomic E-state index is 11.5. The van der Waals surface area contributed by atoms with E-state index in [0.29, 0.717) is 18.1 Å². The van der Waals surface area contributed by atoms with Gasteiger partial charge in [0.15, 0.2) is 9.84 Å². The molecule has 0 unspecified atom stereocenters. The molecule has 0 saturated carbocycles. The van der Waals surface area contributed by atoms with Crippen LogP contribution in [0.1, 0.15) is 39.0 Å². The van der Waals surface area contributed by atoms with Gasteiger partial charge in [0.05, 0.1) is 11.5 Å². The fourth-order valence-corrected chi connectivity index (χ4v) is 3.56. The van der Waals surface area contributed by atoms with Gasteiger partial charge in [-0.2, -0.15) is 0 Å². The lowest BCUT2D eigenvalue weighted by atomic mass is 10.2. The fourth-order valence-electron chi connectivity index (χ4n) is 2.25. The van der Waals surface area contributed by atoms with Crippen LogP contribution < -0.4 is 5.32 Å². The molecule has 4 nitrogen and oxygen atoms in total. The predicted molar refractivity (Wildman–Crippen MR) is 76.7 cm³/mol. The smallest absolute Gasteiger partial charge is 0.151 e. The van der Waals surface area contributed by atoms with E-state index in [0.717, 1.165) is 32.6 Å². The van der Waals surface area contributed by atoms with Crippen molar-refractivity contribution in [3.05, 3.63) is 0 Å². The Labute approximate surface area is 112 Å². The standard InChI is InChI=1S/C13H28N2O2S/c1-2-3-4-5-7-14-8-10-15-9-6-12-18(16,17)13-11-15/h14H,2-13H2,1H3. The predicted octanol–water partition coefficient (Wildman–Crippen LogP) is 1.28. The molecule has 1 aliphatic rings. The quantitative estimate of drug-likeness (QED) is 0.679. The monoisotopic (exact) mass is 276 g/mol. The second kappa shape index (κ2) is 8.88. The maximum Gasteiger partial charge on any atom is 0.151 e. The van der Waals surface area contributed by atoms with Gasteiger partial charge in [0.25, 0.3) is 0 Å². The molecule has 0 aromatic heterocycles. The lowest BCUT2D eigenvalue weighted by molar-refractivity contribution is 0.294. The van der Waals surface area contributed by atoms with Crippen LogP contribution in [-0.2, 0) is 9.84 Å². The van der Waals surface area contributed by atoms with Gasteiger partial charge in [-0.1, -0.05) is 26.2 Å². The van der Waals surface area contributed by atoms with Crippen molar-refractivity contribution in [2.45, 2.75) is 39.0 Å². The first-order valence-corrected chi connectivity index (χ1v) is 9.09. The Hall–Kier alpha value is -0.130. The minimum atomic E-state index is -2.76. The number of unbranched alkanes of at least 4 members (excludes halogenated alkanes) is 3. The Bertz CT molecular complexity index is 304. The van der Waals surface area contributed by atoms with Crippen molar-refractivity contribution in [2.75, 3.05) is 44.2 Å². The van der Waals surface area contributed by atoms with Gasteiger partial charge in [0.1, 0.15) is 0 Å². The molecule has 108 valence electrons. The zero-order valence-corrected chi connectivity index (χ0v) is 12.5. The highest BCUT2D eigenvalue weighted by Gasteiger charge is 2.18. The van der Waals surface area contributed by atoms with Crippen molar-refractivity contribution in [3.63, 3.8) is 0 Å². The zero-order valence-electron chi connectivity index (χ0n) is 11.7. The summed E-state index contributed by atoms with van der Waals surface area (Å²) >= 11 is 0. The number of hydrogen-bond donors (Lipinski definition) is 1. The molecule has 1 aliphatic heterocycles. The number of hydrogen-bond acceptors (Lipinski definition) is 4. The molecule has 0 bridgehead atoms. The largest absolute Gasteiger partial charge is 0.315 e. The Morgan fingerprint density at radius 1 is 1.06 bits per heavy atom. The summed E-state index contributed by atoms with van der Waals surface area (Å²) < 4.78 is 22.9. The minimum absolute atomic E-state index is 0.337. The molecule has 1 N–H and O–H groups in total. The molecule has 0 aromatic carbocycles. The third kappa shape index (κ3) is 7.34. The molecule has 0 aliphatic carbocycles.